The summed E-state index contributed by atoms with van der Waals surface area (Å²) in [7, 11) is 0. The topological polar surface area (TPSA) is 140 Å². The zero-order valence-electron chi connectivity index (χ0n) is 21.1. The Balaban J connectivity index is 1.90. The Kier molecular flexibility index (Phi) is 9.48. The predicted octanol–water partition coefficient (Wildman–Crippen LogP) is 1.95. The third-order valence-corrected chi connectivity index (χ3v) is 5.95. The number of hydrogen-bond acceptors (Lipinski definition) is 7. The highest BCUT2D eigenvalue weighted by Crippen LogP contribution is 2.28. The zero-order valence-corrected chi connectivity index (χ0v) is 21.1. The Morgan fingerprint density at radius 1 is 1.11 bits per heavy atom. The Morgan fingerprint density at radius 2 is 1.81 bits per heavy atom. The van der Waals surface area contributed by atoms with Crippen molar-refractivity contribution >= 4 is 11.9 Å². The third-order valence-electron chi connectivity index (χ3n) is 5.95. The van der Waals surface area contributed by atoms with Crippen LogP contribution in [0.15, 0.2) is 42.6 Å². The number of pyridine rings is 1. The third kappa shape index (κ3) is 7.68. The lowest BCUT2D eigenvalue weighted by atomic mass is 9.95. The van der Waals surface area contributed by atoms with Gasteiger partial charge in [-0.3, -0.25) is 9.78 Å². The highest BCUT2D eigenvalue weighted by Gasteiger charge is 2.26. The summed E-state index contributed by atoms with van der Waals surface area (Å²) in [4.78, 5) is 28.2. The summed E-state index contributed by atoms with van der Waals surface area (Å²) in [5, 5.41) is 38.4. The number of aliphatic hydroxyl groups excluding tert-OH is 2. The molecule has 0 bridgehead atoms. The van der Waals surface area contributed by atoms with Crippen molar-refractivity contribution in [1.29, 1.82) is 0 Å². The van der Waals surface area contributed by atoms with Crippen molar-refractivity contribution in [2.75, 3.05) is 0 Å². The van der Waals surface area contributed by atoms with Gasteiger partial charge in [0, 0.05) is 29.8 Å². The van der Waals surface area contributed by atoms with E-state index >= 15 is 0 Å². The van der Waals surface area contributed by atoms with Crippen molar-refractivity contribution in [3.05, 3.63) is 76.6 Å². The summed E-state index contributed by atoms with van der Waals surface area (Å²) in [5.41, 5.74) is 3.81. The molecular weight excluding hydrogens is 479 g/mol. The van der Waals surface area contributed by atoms with Crippen LogP contribution in [0.1, 0.15) is 72.0 Å². The number of benzene rings is 1. The molecule has 198 valence electrons. The molecule has 3 N–H and O–H groups in total. The average molecular weight is 512 g/mol. The van der Waals surface area contributed by atoms with Crippen LogP contribution >= 0.6 is 0 Å². The standard InChI is InChI=1S/C27H33FN4O5/c1-16(2)25-23(11-10-21(33)12-22(34)13-24(35)36)32(20-8-5-18(28)6-9-20)31-26(25)27(37)30-15-19-7-4-17(3)14-29-19/h4-9,14,16,21-22,33-34H,10-13,15H2,1-3H3,(H,30,37)(H,35,36)/p-1/t21-,22-/m1/s1. The first-order valence-corrected chi connectivity index (χ1v) is 12.2. The van der Waals surface area contributed by atoms with Gasteiger partial charge in [0.1, 0.15) is 5.82 Å². The lowest BCUT2D eigenvalue weighted by molar-refractivity contribution is -0.307. The van der Waals surface area contributed by atoms with Gasteiger partial charge in [-0.05, 0) is 68.0 Å². The Hall–Kier alpha value is -3.63. The lowest BCUT2D eigenvalue weighted by Crippen LogP contribution is -2.29. The van der Waals surface area contributed by atoms with Crippen LogP contribution in [0.2, 0.25) is 0 Å². The molecule has 0 aliphatic rings. The second-order valence-electron chi connectivity index (χ2n) is 9.42. The minimum Gasteiger partial charge on any atom is -0.550 e. The molecule has 1 aromatic carbocycles. The van der Waals surface area contributed by atoms with Gasteiger partial charge < -0.3 is 25.4 Å². The molecule has 0 aliphatic heterocycles. The molecule has 3 aromatic rings. The number of aliphatic hydroxyl groups is 2. The van der Waals surface area contributed by atoms with Gasteiger partial charge in [-0.25, -0.2) is 9.07 Å². The lowest BCUT2D eigenvalue weighted by Gasteiger charge is -2.17. The van der Waals surface area contributed by atoms with E-state index in [1.165, 1.54) is 12.1 Å². The molecule has 0 fully saturated rings. The van der Waals surface area contributed by atoms with Gasteiger partial charge in [-0.1, -0.05) is 19.9 Å². The average Bonchev–Trinajstić information content (AvgIpc) is 3.22. The highest BCUT2D eigenvalue weighted by molar-refractivity contribution is 5.94. The van der Waals surface area contributed by atoms with Gasteiger partial charge in [0.15, 0.2) is 5.69 Å². The van der Waals surface area contributed by atoms with Gasteiger partial charge in [0.2, 0.25) is 0 Å². The van der Waals surface area contributed by atoms with E-state index in [0.717, 1.165) is 5.56 Å². The van der Waals surface area contributed by atoms with Crippen LogP contribution in [0.3, 0.4) is 0 Å². The summed E-state index contributed by atoms with van der Waals surface area (Å²) in [6.07, 6.45) is -0.736. The molecule has 0 saturated carbocycles. The van der Waals surface area contributed by atoms with Crippen LogP contribution in [0, 0.1) is 12.7 Å². The summed E-state index contributed by atoms with van der Waals surface area (Å²) < 4.78 is 15.2. The van der Waals surface area contributed by atoms with E-state index in [2.05, 4.69) is 15.4 Å². The smallest absolute Gasteiger partial charge is 0.272 e. The molecule has 2 heterocycles. The number of aliphatic carboxylic acids is 1. The fourth-order valence-corrected chi connectivity index (χ4v) is 4.14. The van der Waals surface area contributed by atoms with Crippen LogP contribution in [0.4, 0.5) is 4.39 Å². The number of carboxylic acid groups (broad SMARTS) is 1. The van der Waals surface area contributed by atoms with Crippen molar-refractivity contribution in [2.45, 2.75) is 71.1 Å². The number of nitrogens with one attached hydrogen (secondary N) is 1. The van der Waals surface area contributed by atoms with E-state index in [1.54, 1.807) is 23.0 Å². The minimum absolute atomic E-state index is 0.108. The van der Waals surface area contributed by atoms with Gasteiger partial charge in [-0.2, -0.15) is 5.10 Å². The highest BCUT2D eigenvalue weighted by atomic mass is 19.1. The molecule has 37 heavy (non-hydrogen) atoms. The summed E-state index contributed by atoms with van der Waals surface area (Å²) in [6.45, 7) is 5.99. The van der Waals surface area contributed by atoms with E-state index in [1.807, 2.05) is 32.9 Å². The summed E-state index contributed by atoms with van der Waals surface area (Å²) >= 11 is 0. The van der Waals surface area contributed by atoms with Gasteiger partial charge >= 0.3 is 0 Å². The monoisotopic (exact) mass is 511 g/mol. The number of nitrogens with zero attached hydrogens (tertiary/aromatic N) is 3. The number of halogens is 1. The van der Waals surface area contributed by atoms with Gasteiger partial charge in [0.25, 0.3) is 5.91 Å². The number of carbonyl (C=O) groups excluding carboxylic acids is 2. The number of aryl methyl sites for hydroxylation is 1. The molecule has 0 unspecified atom stereocenters. The molecule has 2 aromatic heterocycles. The number of hydrogen-bond donors (Lipinski definition) is 3. The molecule has 0 saturated heterocycles. The normalized spacial score (nSPS) is 12.9. The second-order valence-corrected chi connectivity index (χ2v) is 9.42. The molecule has 0 aliphatic carbocycles. The largest absolute Gasteiger partial charge is 0.550 e. The maximum atomic E-state index is 13.6. The minimum atomic E-state index is -1.40. The first-order valence-electron chi connectivity index (χ1n) is 12.2. The van der Waals surface area contributed by atoms with Crippen LogP contribution < -0.4 is 10.4 Å². The van der Waals surface area contributed by atoms with E-state index in [4.69, 9.17) is 0 Å². The Bertz CT molecular complexity index is 1210. The van der Waals surface area contributed by atoms with E-state index in [-0.39, 0.29) is 37.4 Å². The Labute approximate surface area is 215 Å². The van der Waals surface area contributed by atoms with Crippen molar-refractivity contribution in [1.82, 2.24) is 20.1 Å². The van der Waals surface area contributed by atoms with Crippen LogP contribution in [0.25, 0.3) is 5.69 Å². The van der Waals surface area contributed by atoms with Gasteiger partial charge in [0.05, 0.1) is 30.1 Å². The first-order chi connectivity index (χ1) is 17.5. The fourth-order valence-electron chi connectivity index (χ4n) is 4.14. The van der Waals surface area contributed by atoms with Crippen molar-refractivity contribution < 1.29 is 29.3 Å². The van der Waals surface area contributed by atoms with Crippen molar-refractivity contribution in [3.63, 3.8) is 0 Å². The number of amides is 1. The molecule has 3 rings (SSSR count). The quantitative estimate of drug-likeness (QED) is 0.338. The molecule has 1 amide bonds. The number of rotatable bonds is 12. The van der Waals surface area contributed by atoms with Crippen molar-refractivity contribution in [2.24, 2.45) is 0 Å². The molecule has 0 radical (unpaired) electrons. The van der Waals surface area contributed by atoms with Crippen LogP contribution in [0.5, 0.6) is 0 Å². The first kappa shape index (κ1) is 27.9. The molecule has 2 atom stereocenters. The summed E-state index contributed by atoms with van der Waals surface area (Å²) in [5.74, 6) is -2.31. The van der Waals surface area contributed by atoms with Gasteiger partial charge in [-0.15, -0.1) is 0 Å². The Morgan fingerprint density at radius 3 is 2.41 bits per heavy atom. The fraction of sp³-hybridized carbons (Fsp3) is 0.407. The maximum Gasteiger partial charge on any atom is 0.272 e. The van der Waals surface area contributed by atoms with Crippen molar-refractivity contribution in [3.8, 4) is 5.69 Å². The van der Waals surface area contributed by atoms with Crippen LogP contribution in [-0.2, 0) is 17.8 Å². The molecule has 10 heteroatoms. The van der Waals surface area contributed by atoms with E-state index in [9.17, 15) is 29.3 Å². The SMILES string of the molecule is Cc1ccc(CNC(=O)c2nn(-c3ccc(F)cc3)c(CC[C@@H](O)C[C@@H](O)CC(=O)[O-])c2C(C)C)nc1. The predicted molar refractivity (Wildman–Crippen MR) is 132 cm³/mol. The molecule has 0 spiro atoms. The van der Waals surface area contributed by atoms with Crippen LogP contribution in [-0.4, -0.2) is 49.1 Å². The number of aromatic nitrogens is 3. The maximum absolute atomic E-state index is 13.6. The number of carbonyl (C=O) groups is 2. The molecular formula is C27H32FN4O5-. The van der Waals surface area contributed by atoms with E-state index < -0.39 is 36.3 Å². The summed E-state index contributed by atoms with van der Waals surface area (Å²) in [6, 6.07) is 9.43. The van der Waals surface area contributed by atoms with E-state index in [0.29, 0.717) is 22.6 Å². The zero-order chi connectivity index (χ0) is 27.1. The second kappa shape index (κ2) is 12.6. The molecule has 9 nitrogen and oxygen atoms in total. The number of carboxylic acids is 1.